The van der Waals surface area contributed by atoms with Gasteiger partial charge in [-0.3, -0.25) is 4.79 Å². The van der Waals surface area contributed by atoms with E-state index >= 15 is 0 Å². The number of fused-ring (bicyclic) bond motifs is 1. The minimum absolute atomic E-state index is 0.118. The molecule has 0 saturated carbocycles. The third-order valence-electron chi connectivity index (χ3n) is 2.19. The topological polar surface area (TPSA) is 84.7 Å². The minimum atomic E-state index is -2.87. The van der Waals surface area contributed by atoms with E-state index in [4.69, 9.17) is 5.73 Å². The first-order valence-electron chi connectivity index (χ1n) is 4.87. The average molecular weight is 240 g/mol. The summed E-state index contributed by atoms with van der Waals surface area (Å²) in [5.41, 5.74) is 5.96. The number of H-pyrrole nitrogens is 1. The summed E-state index contributed by atoms with van der Waals surface area (Å²) in [7, 11) is 0. The molecule has 0 unspecified atom stereocenters. The number of carbonyl (C=O) groups is 1. The number of nitrogens with two attached hydrogens (primary N) is 1. The Morgan fingerprint density at radius 2 is 2.29 bits per heavy atom. The van der Waals surface area contributed by atoms with E-state index < -0.39 is 18.3 Å². The highest BCUT2D eigenvalue weighted by Crippen LogP contribution is 2.19. The van der Waals surface area contributed by atoms with Crippen LogP contribution in [0.15, 0.2) is 12.4 Å². The predicted octanol–water partition coefficient (Wildman–Crippen LogP) is 1.25. The Bertz CT molecular complexity index is 573. The molecule has 3 N–H and O–H groups in total. The Labute approximate surface area is 95.1 Å². The molecular weight excluding hydrogens is 230 g/mol. The van der Waals surface area contributed by atoms with Gasteiger partial charge in [0.25, 0.3) is 11.8 Å². The molecule has 1 amide bonds. The average Bonchev–Trinajstić information content (AvgIpc) is 2.57. The number of nitrogens with zero attached hydrogens (tertiary/aromatic N) is 2. The number of amides is 1. The summed E-state index contributed by atoms with van der Waals surface area (Å²) in [5, 5.41) is 0. The van der Waals surface area contributed by atoms with Gasteiger partial charge in [-0.05, 0) is 6.92 Å². The molecule has 2 heterocycles. The number of aromatic nitrogens is 3. The molecule has 0 atom stereocenters. The number of rotatable bonds is 3. The van der Waals surface area contributed by atoms with Crippen LogP contribution in [0.5, 0.6) is 0 Å². The van der Waals surface area contributed by atoms with Crippen molar-refractivity contribution in [1.29, 1.82) is 0 Å². The van der Waals surface area contributed by atoms with Gasteiger partial charge in [-0.2, -0.15) is 0 Å². The molecule has 0 aliphatic rings. The Balaban J connectivity index is 2.48. The van der Waals surface area contributed by atoms with Crippen LogP contribution < -0.4 is 5.73 Å². The number of primary amides is 1. The first-order valence-corrected chi connectivity index (χ1v) is 4.87. The minimum Gasteiger partial charge on any atom is -0.365 e. The van der Waals surface area contributed by atoms with Gasteiger partial charge in [0, 0.05) is 6.20 Å². The van der Waals surface area contributed by atoms with Crippen molar-refractivity contribution in [2.45, 2.75) is 19.3 Å². The summed E-state index contributed by atoms with van der Waals surface area (Å²) in [6.45, 7) is 0.797. The summed E-state index contributed by atoms with van der Waals surface area (Å²) in [5.74, 6) is -3.54. The molecule has 0 radical (unpaired) electrons. The lowest BCUT2D eigenvalue weighted by atomic mass is 10.2. The lowest BCUT2D eigenvalue weighted by molar-refractivity contribution is 0.0216. The summed E-state index contributed by atoms with van der Waals surface area (Å²) in [6.07, 6.45) is 2.08. The zero-order chi connectivity index (χ0) is 12.6. The molecule has 90 valence electrons. The molecule has 0 bridgehead atoms. The second-order valence-electron chi connectivity index (χ2n) is 3.87. The fourth-order valence-electron chi connectivity index (χ4n) is 1.52. The van der Waals surface area contributed by atoms with E-state index in [0.29, 0.717) is 5.65 Å². The van der Waals surface area contributed by atoms with Crippen LogP contribution in [0.1, 0.15) is 23.0 Å². The van der Waals surface area contributed by atoms with Crippen LogP contribution in [0.4, 0.5) is 8.78 Å². The second kappa shape index (κ2) is 3.76. The van der Waals surface area contributed by atoms with Gasteiger partial charge in [-0.25, -0.2) is 18.7 Å². The lowest BCUT2D eigenvalue weighted by Crippen LogP contribution is -2.15. The molecule has 5 nitrogen and oxygen atoms in total. The highest BCUT2D eigenvalue weighted by molar-refractivity contribution is 6.03. The molecule has 0 saturated heterocycles. The van der Waals surface area contributed by atoms with Crippen LogP contribution in [0.3, 0.4) is 0 Å². The number of hydrogen-bond acceptors (Lipinski definition) is 3. The van der Waals surface area contributed by atoms with Crippen molar-refractivity contribution in [1.82, 2.24) is 15.0 Å². The van der Waals surface area contributed by atoms with Crippen molar-refractivity contribution < 1.29 is 13.6 Å². The molecule has 0 aliphatic heterocycles. The zero-order valence-electron chi connectivity index (χ0n) is 9.00. The summed E-state index contributed by atoms with van der Waals surface area (Å²) in [6, 6.07) is 0. The Kier molecular flexibility index (Phi) is 2.53. The number of aromatic amines is 1. The van der Waals surface area contributed by atoms with Crippen molar-refractivity contribution in [2.24, 2.45) is 5.73 Å². The maximum absolute atomic E-state index is 12.8. The van der Waals surface area contributed by atoms with E-state index in [-0.39, 0.29) is 16.8 Å². The third kappa shape index (κ3) is 2.38. The molecule has 0 aromatic carbocycles. The van der Waals surface area contributed by atoms with E-state index in [2.05, 4.69) is 15.0 Å². The Morgan fingerprint density at radius 3 is 2.88 bits per heavy atom. The van der Waals surface area contributed by atoms with Crippen LogP contribution in [-0.2, 0) is 6.42 Å². The van der Waals surface area contributed by atoms with E-state index in [1.54, 1.807) is 0 Å². The van der Waals surface area contributed by atoms with Gasteiger partial charge in [0.05, 0.1) is 23.9 Å². The van der Waals surface area contributed by atoms with Gasteiger partial charge in [-0.15, -0.1) is 0 Å². The highest BCUT2D eigenvalue weighted by Gasteiger charge is 2.23. The zero-order valence-corrected chi connectivity index (χ0v) is 9.00. The molecule has 2 rings (SSSR count). The van der Waals surface area contributed by atoms with Crippen LogP contribution in [-0.4, -0.2) is 26.8 Å². The van der Waals surface area contributed by atoms with Crippen LogP contribution >= 0.6 is 0 Å². The quantitative estimate of drug-likeness (QED) is 0.846. The summed E-state index contributed by atoms with van der Waals surface area (Å²) >= 11 is 0. The fraction of sp³-hybridized carbons (Fsp3) is 0.300. The Hall–Kier alpha value is -2.05. The molecule has 0 fully saturated rings. The highest BCUT2D eigenvalue weighted by atomic mass is 19.3. The van der Waals surface area contributed by atoms with Crippen molar-refractivity contribution in [3.05, 3.63) is 23.7 Å². The first-order chi connectivity index (χ1) is 7.87. The summed E-state index contributed by atoms with van der Waals surface area (Å²) in [4.78, 5) is 21.6. The molecule has 0 aliphatic carbocycles. The van der Waals surface area contributed by atoms with E-state index in [9.17, 15) is 13.6 Å². The lowest BCUT2D eigenvalue weighted by Gasteiger charge is -2.08. The van der Waals surface area contributed by atoms with Gasteiger partial charge < -0.3 is 10.7 Å². The molecule has 2 aromatic heterocycles. The number of alkyl halides is 2. The van der Waals surface area contributed by atoms with Crippen molar-refractivity contribution >= 4 is 17.1 Å². The predicted molar refractivity (Wildman–Crippen MR) is 56.7 cm³/mol. The van der Waals surface area contributed by atoms with Gasteiger partial charge in [-0.1, -0.05) is 0 Å². The monoisotopic (exact) mass is 240 g/mol. The molecule has 2 aromatic rings. The maximum atomic E-state index is 12.8. The van der Waals surface area contributed by atoms with Crippen molar-refractivity contribution in [3.63, 3.8) is 0 Å². The number of hydrogen-bond donors (Lipinski definition) is 2. The van der Waals surface area contributed by atoms with Crippen molar-refractivity contribution in [2.75, 3.05) is 0 Å². The van der Waals surface area contributed by atoms with Gasteiger partial charge in [0.2, 0.25) is 0 Å². The molecule has 7 heteroatoms. The van der Waals surface area contributed by atoms with Gasteiger partial charge in [0.15, 0.2) is 5.65 Å². The number of carbonyl (C=O) groups excluding carboxylic acids is 1. The van der Waals surface area contributed by atoms with Crippen LogP contribution in [0.25, 0.3) is 11.2 Å². The van der Waals surface area contributed by atoms with Crippen LogP contribution in [0, 0.1) is 0 Å². The van der Waals surface area contributed by atoms with Gasteiger partial charge >= 0.3 is 0 Å². The SMILES string of the molecule is CC(F)(F)Cc1cnc2[nH]cc(C(N)=O)c2n1. The normalized spacial score (nSPS) is 11.9. The standard InChI is InChI=1S/C10H10F2N4O/c1-10(11,12)2-5-3-14-9-7(16-5)6(4-15-9)8(13)17/h3-4H,2H2,1H3,(H2,13,17)(H,14,15). The van der Waals surface area contributed by atoms with E-state index in [0.717, 1.165) is 6.92 Å². The Morgan fingerprint density at radius 1 is 1.59 bits per heavy atom. The summed E-state index contributed by atoms with van der Waals surface area (Å²) < 4.78 is 25.7. The molecule has 17 heavy (non-hydrogen) atoms. The number of nitrogens with one attached hydrogen (secondary N) is 1. The van der Waals surface area contributed by atoms with E-state index in [1.165, 1.54) is 12.4 Å². The molecular formula is C10H10F2N4O. The van der Waals surface area contributed by atoms with Crippen molar-refractivity contribution in [3.8, 4) is 0 Å². The second-order valence-corrected chi connectivity index (χ2v) is 3.87. The fourth-order valence-corrected chi connectivity index (χ4v) is 1.52. The van der Waals surface area contributed by atoms with Crippen LogP contribution in [0.2, 0.25) is 0 Å². The first kappa shape index (κ1) is 11.4. The van der Waals surface area contributed by atoms with Gasteiger partial charge in [0.1, 0.15) is 5.52 Å². The largest absolute Gasteiger partial charge is 0.365 e. The smallest absolute Gasteiger partial charge is 0.252 e. The molecule has 0 spiro atoms. The number of halogens is 2. The van der Waals surface area contributed by atoms with E-state index in [1.807, 2.05) is 0 Å². The third-order valence-corrected chi connectivity index (χ3v) is 2.19. The maximum Gasteiger partial charge on any atom is 0.252 e.